The van der Waals surface area contributed by atoms with Crippen LogP contribution in [0.3, 0.4) is 0 Å². The van der Waals surface area contributed by atoms with E-state index in [4.69, 9.17) is 12.2 Å². The number of hydrogen-bond acceptors (Lipinski definition) is 2. The second kappa shape index (κ2) is 9.20. The Morgan fingerprint density at radius 2 is 1.47 bits per heavy atom. The maximum Gasteiger partial charge on any atom is 0.222 e. The third-order valence-electron chi connectivity index (χ3n) is 9.65. The van der Waals surface area contributed by atoms with Crippen LogP contribution in [0.5, 0.6) is 0 Å². The fourth-order valence-electron chi connectivity index (χ4n) is 8.87. The Balaban J connectivity index is 1.00. The van der Waals surface area contributed by atoms with Gasteiger partial charge in [0.25, 0.3) is 0 Å². The Kier molecular flexibility index (Phi) is 6.56. The minimum atomic E-state index is 0.447. The first-order valence-corrected chi connectivity index (χ1v) is 13.8. The highest BCUT2D eigenvalue weighted by Gasteiger charge is 2.50. The summed E-state index contributed by atoms with van der Waals surface area (Å²) in [5.74, 6) is 4.34. The molecular formula is C27H43NOS. The molecule has 6 fully saturated rings. The molecule has 1 aliphatic heterocycles. The Bertz CT molecular complexity index is 605. The van der Waals surface area contributed by atoms with Crippen LogP contribution in [-0.2, 0) is 4.79 Å². The first kappa shape index (κ1) is 21.4. The number of rotatable bonds is 8. The molecular weight excluding hydrogens is 386 g/mol. The number of unbranched alkanes of at least 4 members (excludes halogenated alkanes) is 2. The smallest absolute Gasteiger partial charge is 0.222 e. The molecule has 6 aliphatic rings. The topological polar surface area (TPSA) is 20.3 Å². The van der Waals surface area contributed by atoms with E-state index in [-0.39, 0.29) is 0 Å². The molecule has 1 saturated heterocycles. The van der Waals surface area contributed by atoms with Crippen molar-refractivity contribution in [2.45, 2.75) is 122 Å². The van der Waals surface area contributed by atoms with E-state index in [0.717, 1.165) is 49.5 Å². The minimum Gasteiger partial charge on any atom is -0.339 e. The maximum atomic E-state index is 12.9. The number of hydrogen-bond donors (Lipinski definition) is 0. The number of fused-ring (bicyclic) bond motifs is 1. The van der Waals surface area contributed by atoms with Crippen LogP contribution in [0, 0.1) is 29.1 Å². The predicted octanol–water partition coefficient (Wildman–Crippen LogP) is 7.09. The zero-order chi connectivity index (χ0) is 20.6. The van der Waals surface area contributed by atoms with Crippen molar-refractivity contribution in [3.63, 3.8) is 0 Å². The van der Waals surface area contributed by atoms with Crippen molar-refractivity contribution in [1.29, 1.82) is 0 Å². The average Bonchev–Trinajstić information content (AvgIpc) is 2.71. The molecule has 168 valence electrons. The number of nitrogens with zero attached hydrogens (tertiary/aromatic N) is 1. The van der Waals surface area contributed by atoms with Crippen LogP contribution in [-0.4, -0.2) is 28.3 Å². The van der Waals surface area contributed by atoms with Gasteiger partial charge < -0.3 is 4.90 Å². The van der Waals surface area contributed by atoms with Crippen molar-refractivity contribution in [3.8, 4) is 0 Å². The summed E-state index contributed by atoms with van der Waals surface area (Å²) in [4.78, 5) is 16.5. The van der Waals surface area contributed by atoms with Gasteiger partial charge >= 0.3 is 0 Å². The van der Waals surface area contributed by atoms with Crippen molar-refractivity contribution in [3.05, 3.63) is 0 Å². The van der Waals surface area contributed by atoms with Gasteiger partial charge in [-0.25, -0.2) is 0 Å². The molecule has 0 N–H and O–H groups in total. The summed E-state index contributed by atoms with van der Waals surface area (Å²) >= 11 is 5.88. The summed E-state index contributed by atoms with van der Waals surface area (Å²) in [6.07, 6.45) is 23.5. The van der Waals surface area contributed by atoms with Gasteiger partial charge in [0.05, 0.1) is 0 Å². The summed E-state index contributed by atoms with van der Waals surface area (Å²) in [6, 6.07) is 0.577. The largest absolute Gasteiger partial charge is 0.339 e. The third-order valence-corrected chi connectivity index (χ3v) is 10.00. The van der Waals surface area contributed by atoms with Gasteiger partial charge in [0.2, 0.25) is 5.91 Å². The van der Waals surface area contributed by atoms with Crippen molar-refractivity contribution >= 4 is 23.0 Å². The number of piperidine rings is 1. The summed E-state index contributed by atoms with van der Waals surface area (Å²) in [5.41, 5.74) is 0.604. The highest BCUT2D eigenvalue weighted by atomic mass is 32.1. The molecule has 4 bridgehead atoms. The number of amides is 1. The molecule has 2 atom stereocenters. The first-order chi connectivity index (χ1) is 14.6. The highest BCUT2D eigenvalue weighted by Crippen LogP contribution is 2.61. The normalized spacial score (nSPS) is 39.7. The molecule has 3 heteroatoms. The lowest BCUT2D eigenvalue weighted by atomic mass is 9.48. The van der Waals surface area contributed by atoms with E-state index in [1.54, 1.807) is 0 Å². The lowest BCUT2D eigenvalue weighted by molar-refractivity contribution is -0.137. The Hall–Kier alpha value is -0.440. The van der Waals surface area contributed by atoms with Crippen LogP contribution < -0.4 is 0 Å². The van der Waals surface area contributed by atoms with Crippen LogP contribution in [0.15, 0.2) is 0 Å². The number of carbonyl (C=O) groups excluding carboxylic acids is 1. The number of likely N-dealkylation sites (tertiary alicyclic amines) is 1. The van der Waals surface area contributed by atoms with Gasteiger partial charge in [-0.05, 0) is 124 Å². The minimum absolute atomic E-state index is 0.447. The first-order valence-electron chi connectivity index (χ1n) is 13.4. The molecule has 30 heavy (non-hydrogen) atoms. The average molecular weight is 430 g/mol. The van der Waals surface area contributed by atoms with Gasteiger partial charge in [-0.3, -0.25) is 4.79 Å². The molecule has 0 aromatic heterocycles. The molecule has 0 spiro atoms. The maximum absolute atomic E-state index is 12.9. The fraction of sp³-hybridized carbons (Fsp3) is 0.926. The molecule has 5 aliphatic carbocycles. The zero-order valence-corrected chi connectivity index (χ0v) is 19.9. The van der Waals surface area contributed by atoms with E-state index in [1.165, 1.54) is 101 Å². The van der Waals surface area contributed by atoms with Crippen molar-refractivity contribution in [1.82, 2.24) is 4.90 Å². The van der Waals surface area contributed by atoms with E-state index in [9.17, 15) is 4.79 Å². The Labute approximate surface area is 189 Å². The molecule has 2 unspecified atom stereocenters. The molecule has 1 heterocycles. The quantitative estimate of drug-likeness (QED) is 0.303. The molecule has 2 nitrogen and oxygen atoms in total. The summed E-state index contributed by atoms with van der Waals surface area (Å²) in [5, 5.41) is 0. The molecule has 1 amide bonds. The van der Waals surface area contributed by atoms with Crippen molar-refractivity contribution in [2.24, 2.45) is 29.1 Å². The van der Waals surface area contributed by atoms with Crippen LogP contribution in [0.1, 0.15) is 116 Å². The van der Waals surface area contributed by atoms with E-state index in [1.807, 2.05) is 0 Å². The zero-order valence-electron chi connectivity index (χ0n) is 19.1. The number of thiocarbonyl (C=S) groups is 1. The summed E-state index contributed by atoms with van der Waals surface area (Å²) < 4.78 is 0. The van der Waals surface area contributed by atoms with E-state index >= 15 is 0 Å². The Morgan fingerprint density at radius 1 is 0.833 bits per heavy atom. The van der Waals surface area contributed by atoms with Crippen LogP contribution >= 0.6 is 12.2 Å². The van der Waals surface area contributed by atoms with Crippen molar-refractivity contribution < 1.29 is 4.79 Å². The lowest BCUT2D eigenvalue weighted by Crippen LogP contribution is -2.49. The van der Waals surface area contributed by atoms with Gasteiger partial charge in [-0.15, -0.1) is 0 Å². The SMILES string of the molecule is O=C(CCCCCC(=S)CC12CC3CC(CC(C3)C1)C2)N1CCCC2CCCCC21. The van der Waals surface area contributed by atoms with Gasteiger partial charge in [0.1, 0.15) is 0 Å². The van der Waals surface area contributed by atoms with Gasteiger partial charge in [-0.2, -0.15) is 0 Å². The van der Waals surface area contributed by atoms with E-state index in [0.29, 0.717) is 17.4 Å². The summed E-state index contributed by atoms with van der Waals surface area (Å²) in [7, 11) is 0. The monoisotopic (exact) mass is 429 g/mol. The van der Waals surface area contributed by atoms with Crippen LogP contribution in [0.2, 0.25) is 0 Å². The predicted molar refractivity (Wildman–Crippen MR) is 128 cm³/mol. The number of carbonyl (C=O) groups is 1. The van der Waals surface area contributed by atoms with E-state index in [2.05, 4.69) is 4.90 Å². The van der Waals surface area contributed by atoms with Crippen LogP contribution in [0.25, 0.3) is 0 Å². The molecule has 0 aromatic rings. The van der Waals surface area contributed by atoms with Gasteiger partial charge in [0, 0.05) is 19.0 Å². The molecule has 5 saturated carbocycles. The second-order valence-corrected chi connectivity index (χ2v) is 12.6. The molecule has 6 rings (SSSR count). The molecule has 0 radical (unpaired) electrons. The summed E-state index contributed by atoms with van der Waals surface area (Å²) in [6.45, 7) is 1.02. The molecule has 0 aromatic carbocycles. The van der Waals surface area contributed by atoms with Gasteiger partial charge in [0.15, 0.2) is 0 Å². The standard InChI is InChI=1S/C27H43NOS/c29-26(28-12-6-8-23-7-4-5-10-25(23)28)11-3-1-2-9-24(30)19-27-16-20-13-21(17-27)15-22(14-20)18-27/h20-23,25H,1-19H2. The fourth-order valence-corrected chi connectivity index (χ4v) is 9.32. The highest BCUT2D eigenvalue weighted by molar-refractivity contribution is 7.80. The second-order valence-electron chi connectivity index (χ2n) is 12.0. The van der Waals surface area contributed by atoms with Crippen LogP contribution in [0.4, 0.5) is 0 Å². The van der Waals surface area contributed by atoms with E-state index < -0.39 is 0 Å². The van der Waals surface area contributed by atoms with Crippen molar-refractivity contribution in [2.75, 3.05) is 6.54 Å². The third kappa shape index (κ3) is 4.66. The Morgan fingerprint density at radius 3 is 2.20 bits per heavy atom. The van der Waals surface area contributed by atoms with Gasteiger partial charge in [-0.1, -0.05) is 31.5 Å². The lowest BCUT2D eigenvalue weighted by Gasteiger charge is -2.57.